The number of fused-ring (bicyclic) bond motifs is 2. The molecule has 1 amide bonds. The highest BCUT2D eigenvalue weighted by molar-refractivity contribution is 7.22. The van der Waals surface area contributed by atoms with Gasteiger partial charge in [0.2, 0.25) is 0 Å². The van der Waals surface area contributed by atoms with Gasteiger partial charge < -0.3 is 4.98 Å². The standard InChI is InChI=1S/C23H23ClN4OS/c1-14-7-9-28(10-8-14)13-15-5-6-18-20(11-15)30-23(26-18)27-22(29)19-12-16-3-2-4-17(24)21(16)25-19/h2-6,11-12,14,25H,7-10,13H2,1H3,(H,26,27,29). The van der Waals surface area contributed by atoms with Crippen LogP contribution in [0.4, 0.5) is 5.13 Å². The van der Waals surface area contributed by atoms with E-state index >= 15 is 0 Å². The summed E-state index contributed by atoms with van der Waals surface area (Å²) in [6.07, 6.45) is 2.55. The van der Waals surface area contributed by atoms with Gasteiger partial charge in [0.25, 0.3) is 5.91 Å². The highest BCUT2D eigenvalue weighted by atomic mass is 35.5. The summed E-state index contributed by atoms with van der Waals surface area (Å²) < 4.78 is 1.09. The van der Waals surface area contributed by atoms with Crippen LogP contribution in [0.3, 0.4) is 0 Å². The second-order valence-corrected chi connectivity index (χ2v) is 9.56. The largest absolute Gasteiger partial charge is 0.349 e. The summed E-state index contributed by atoms with van der Waals surface area (Å²) >= 11 is 7.71. The number of nitrogens with zero attached hydrogens (tertiary/aromatic N) is 2. The van der Waals surface area contributed by atoms with Gasteiger partial charge in [-0.25, -0.2) is 4.98 Å². The van der Waals surface area contributed by atoms with Crippen LogP contribution in [0.25, 0.3) is 21.1 Å². The zero-order valence-electron chi connectivity index (χ0n) is 16.7. The van der Waals surface area contributed by atoms with Crippen LogP contribution in [-0.2, 0) is 6.54 Å². The Morgan fingerprint density at radius 1 is 1.27 bits per heavy atom. The van der Waals surface area contributed by atoms with Crippen molar-refractivity contribution >= 4 is 55.1 Å². The summed E-state index contributed by atoms with van der Waals surface area (Å²) in [5, 5.41) is 5.03. The van der Waals surface area contributed by atoms with E-state index in [1.54, 1.807) is 12.1 Å². The van der Waals surface area contributed by atoms with Gasteiger partial charge >= 0.3 is 0 Å². The van der Waals surface area contributed by atoms with E-state index < -0.39 is 0 Å². The number of para-hydroxylation sites is 1. The number of hydrogen-bond donors (Lipinski definition) is 2. The van der Waals surface area contributed by atoms with E-state index in [-0.39, 0.29) is 5.91 Å². The molecule has 0 aliphatic carbocycles. The third-order valence-corrected chi connectivity index (χ3v) is 7.05. The number of carbonyl (C=O) groups is 1. The number of piperidine rings is 1. The topological polar surface area (TPSA) is 61.0 Å². The number of aromatic nitrogens is 2. The van der Waals surface area contributed by atoms with E-state index in [9.17, 15) is 4.79 Å². The number of likely N-dealkylation sites (tertiary alicyclic amines) is 1. The number of halogens is 1. The van der Waals surface area contributed by atoms with Crippen molar-refractivity contribution in [2.24, 2.45) is 5.92 Å². The van der Waals surface area contributed by atoms with E-state index in [1.165, 1.54) is 29.7 Å². The van der Waals surface area contributed by atoms with E-state index in [0.29, 0.717) is 15.8 Å². The van der Waals surface area contributed by atoms with Gasteiger partial charge in [0.1, 0.15) is 5.69 Å². The average molecular weight is 439 g/mol. The van der Waals surface area contributed by atoms with Crippen molar-refractivity contribution in [1.29, 1.82) is 0 Å². The molecule has 5 rings (SSSR count). The Bertz CT molecular complexity index is 1220. The van der Waals surface area contributed by atoms with E-state index in [2.05, 4.69) is 39.2 Å². The Morgan fingerprint density at radius 3 is 2.90 bits per heavy atom. The van der Waals surface area contributed by atoms with Crippen LogP contribution >= 0.6 is 22.9 Å². The molecule has 1 saturated heterocycles. The molecule has 1 aliphatic rings. The Hall–Kier alpha value is -2.41. The lowest BCUT2D eigenvalue weighted by molar-refractivity contribution is 0.102. The second kappa shape index (κ2) is 8.02. The summed E-state index contributed by atoms with van der Waals surface area (Å²) in [6, 6.07) is 13.8. The van der Waals surface area contributed by atoms with Crippen LogP contribution < -0.4 is 5.32 Å². The van der Waals surface area contributed by atoms with Crippen molar-refractivity contribution in [2.75, 3.05) is 18.4 Å². The average Bonchev–Trinajstić information content (AvgIpc) is 3.34. The first-order chi connectivity index (χ1) is 14.5. The number of amides is 1. The second-order valence-electron chi connectivity index (χ2n) is 8.12. The molecular formula is C23H23ClN4OS. The third kappa shape index (κ3) is 3.95. The summed E-state index contributed by atoms with van der Waals surface area (Å²) in [5.74, 6) is 0.619. The fraction of sp³-hybridized carbons (Fsp3) is 0.304. The summed E-state index contributed by atoms with van der Waals surface area (Å²) in [5.41, 5.74) is 3.44. The quantitative estimate of drug-likeness (QED) is 0.416. The first-order valence-electron chi connectivity index (χ1n) is 10.3. The van der Waals surface area contributed by atoms with Crippen molar-refractivity contribution in [3.05, 3.63) is 58.7 Å². The van der Waals surface area contributed by atoms with Gasteiger partial charge in [-0.1, -0.05) is 48.1 Å². The smallest absolute Gasteiger partial charge is 0.273 e. The minimum Gasteiger partial charge on any atom is -0.349 e. The lowest BCUT2D eigenvalue weighted by Crippen LogP contribution is -2.32. The van der Waals surface area contributed by atoms with Crippen molar-refractivity contribution in [3.63, 3.8) is 0 Å². The van der Waals surface area contributed by atoms with E-state index in [4.69, 9.17) is 11.6 Å². The Kier molecular flexibility index (Phi) is 5.23. The number of H-pyrrole nitrogens is 1. The molecule has 154 valence electrons. The highest BCUT2D eigenvalue weighted by Crippen LogP contribution is 2.29. The molecule has 2 N–H and O–H groups in total. The number of thiazole rings is 1. The van der Waals surface area contributed by atoms with Gasteiger partial charge in [0.05, 0.1) is 20.8 Å². The molecule has 2 aromatic carbocycles. The number of anilines is 1. The van der Waals surface area contributed by atoms with Crippen LogP contribution in [-0.4, -0.2) is 33.9 Å². The third-order valence-electron chi connectivity index (χ3n) is 5.81. The molecule has 2 aromatic heterocycles. The maximum atomic E-state index is 12.7. The number of carbonyl (C=O) groups excluding carboxylic acids is 1. The van der Waals surface area contributed by atoms with Gasteiger partial charge in [0, 0.05) is 11.9 Å². The van der Waals surface area contributed by atoms with E-state index in [1.807, 2.05) is 18.2 Å². The van der Waals surface area contributed by atoms with Crippen LogP contribution in [0.15, 0.2) is 42.5 Å². The minimum absolute atomic E-state index is 0.219. The van der Waals surface area contributed by atoms with Gasteiger partial charge in [0.15, 0.2) is 5.13 Å². The van der Waals surface area contributed by atoms with Gasteiger partial charge in [-0.2, -0.15) is 0 Å². The zero-order valence-corrected chi connectivity index (χ0v) is 18.3. The fourth-order valence-electron chi connectivity index (χ4n) is 4.01. The van der Waals surface area contributed by atoms with Crippen LogP contribution in [0.2, 0.25) is 5.02 Å². The summed E-state index contributed by atoms with van der Waals surface area (Å²) in [7, 11) is 0. The molecule has 30 heavy (non-hydrogen) atoms. The predicted octanol–water partition coefficient (Wildman–Crippen LogP) is 5.92. The SMILES string of the molecule is CC1CCN(Cc2ccc3nc(NC(=O)c4cc5cccc(Cl)c5[nH]4)sc3c2)CC1. The highest BCUT2D eigenvalue weighted by Gasteiger charge is 2.17. The van der Waals surface area contributed by atoms with Crippen LogP contribution in [0, 0.1) is 5.92 Å². The van der Waals surface area contributed by atoms with Crippen molar-refractivity contribution in [3.8, 4) is 0 Å². The number of aromatic amines is 1. The molecule has 3 heterocycles. The van der Waals surface area contributed by atoms with Crippen LogP contribution in [0.5, 0.6) is 0 Å². The summed E-state index contributed by atoms with van der Waals surface area (Å²) in [4.78, 5) is 22.9. The summed E-state index contributed by atoms with van der Waals surface area (Å²) in [6.45, 7) is 5.63. The normalized spacial score (nSPS) is 15.8. The molecule has 1 aliphatic heterocycles. The van der Waals surface area contributed by atoms with Gasteiger partial charge in [-0.15, -0.1) is 0 Å². The molecule has 0 spiro atoms. The molecule has 0 bridgehead atoms. The maximum absolute atomic E-state index is 12.7. The number of rotatable bonds is 4. The number of nitrogens with one attached hydrogen (secondary N) is 2. The first-order valence-corrected chi connectivity index (χ1v) is 11.4. The fourth-order valence-corrected chi connectivity index (χ4v) is 5.16. The Labute approximate surface area is 184 Å². The minimum atomic E-state index is -0.219. The first kappa shape index (κ1) is 19.5. The van der Waals surface area contributed by atoms with Gasteiger partial charge in [-0.3, -0.25) is 15.0 Å². The van der Waals surface area contributed by atoms with Crippen molar-refractivity contribution in [2.45, 2.75) is 26.3 Å². The molecular weight excluding hydrogens is 416 g/mol. The molecule has 1 fully saturated rings. The number of hydrogen-bond acceptors (Lipinski definition) is 4. The molecule has 5 nitrogen and oxygen atoms in total. The predicted molar refractivity (Wildman–Crippen MR) is 125 cm³/mol. The van der Waals surface area contributed by atoms with Crippen LogP contribution in [0.1, 0.15) is 35.8 Å². The molecule has 7 heteroatoms. The lowest BCUT2D eigenvalue weighted by atomic mass is 9.99. The monoisotopic (exact) mass is 438 g/mol. The molecule has 0 unspecified atom stereocenters. The zero-order chi connectivity index (χ0) is 20.7. The van der Waals surface area contributed by atoms with E-state index in [0.717, 1.165) is 46.7 Å². The van der Waals surface area contributed by atoms with Gasteiger partial charge in [-0.05, 0) is 61.7 Å². The molecule has 0 atom stereocenters. The molecule has 0 radical (unpaired) electrons. The maximum Gasteiger partial charge on any atom is 0.273 e. The Morgan fingerprint density at radius 2 is 2.10 bits per heavy atom. The van der Waals surface area contributed by atoms with Crippen molar-refractivity contribution < 1.29 is 4.79 Å². The Balaban J connectivity index is 1.32. The lowest BCUT2D eigenvalue weighted by Gasteiger charge is -2.30. The molecule has 0 saturated carbocycles. The molecule has 4 aromatic rings. The number of benzene rings is 2. The van der Waals surface area contributed by atoms with Crippen molar-refractivity contribution in [1.82, 2.24) is 14.9 Å².